The lowest BCUT2D eigenvalue weighted by molar-refractivity contribution is -0.133. The summed E-state index contributed by atoms with van der Waals surface area (Å²) in [7, 11) is 0. The van der Waals surface area contributed by atoms with Gasteiger partial charge in [-0.3, -0.25) is 4.79 Å². The quantitative estimate of drug-likeness (QED) is 0.789. The molecule has 2 heterocycles. The van der Waals surface area contributed by atoms with E-state index >= 15 is 0 Å². The molecule has 88 valence electrons. The normalized spacial score (nSPS) is 18.5. The van der Waals surface area contributed by atoms with E-state index in [1.165, 1.54) is 4.88 Å². The monoisotopic (exact) mass is 239 g/mol. The Balaban J connectivity index is 2.03. The highest BCUT2D eigenvalue weighted by atomic mass is 32.1. The number of nitrogens with one attached hydrogen (secondary N) is 1. The van der Waals surface area contributed by atoms with Crippen molar-refractivity contribution in [1.82, 2.24) is 10.2 Å². The zero-order valence-electron chi connectivity index (χ0n) is 9.40. The Bertz CT molecular complexity index is 371. The molecule has 1 unspecified atom stereocenters. The van der Waals surface area contributed by atoms with Crippen LogP contribution in [0.1, 0.15) is 15.8 Å². The van der Waals surface area contributed by atoms with Crippen molar-refractivity contribution in [3.63, 3.8) is 0 Å². The van der Waals surface area contributed by atoms with Gasteiger partial charge in [0.05, 0.1) is 0 Å². The molecule has 0 bridgehead atoms. The molecule has 0 aromatic carbocycles. The lowest BCUT2D eigenvalue weighted by atomic mass is 10.2. The van der Waals surface area contributed by atoms with Crippen molar-refractivity contribution < 1.29 is 4.79 Å². The number of piperazine rings is 1. The third kappa shape index (κ3) is 2.42. The summed E-state index contributed by atoms with van der Waals surface area (Å²) in [6, 6.07) is 3.46. The fraction of sp³-hybridized carbons (Fsp3) is 0.545. The van der Waals surface area contributed by atoms with Crippen LogP contribution in [0.15, 0.2) is 12.1 Å². The molecular formula is C11H17N3OS. The molecule has 2 rings (SSSR count). The molecule has 0 spiro atoms. The van der Waals surface area contributed by atoms with Crippen LogP contribution in [0.5, 0.6) is 0 Å². The maximum Gasteiger partial charge on any atom is 0.245 e. The van der Waals surface area contributed by atoms with E-state index in [4.69, 9.17) is 5.73 Å². The average Bonchev–Trinajstić information content (AvgIpc) is 2.75. The molecule has 1 aromatic heterocycles. The summed E-state index contributed by atoms with van der Waals surface area (Å²) in [6.07, 6.45) is 0. The second kappa shape index (κ2) is 4.95. The molecule has 1 amide bonds. The largest absolute Gasteiger partial charge is 0.338 e. The number of amides is 1. The maximum atomic E-state index is 12.1. The molecule has 1 fully saturated rings. The van der Waals surface area contributed by atoms with Gasteiger partial charge in [-0.15, -0.1) is 11.3 Å². The van der Waals surface area contributed by atoms with Gasteiger partial charge in [-0.05, 0) is 19.1 Å². The van der Waals surface area contributed by atoms with Gasteiger partial charge in [-0.25, -0.2) is 0 Å². The number of rotatable bonds is 2. The third-order valence-electron chi connectivity index (χ3n) is 2.76. The Morgan fingerprint density at radius 2 is 2.19 bits per heavy atom. The summed E-state index contributed by atoms with van der Waals surface area (Å²) in [4.78, 5) is 16.1. The van der Waals surface area contributed by atoms with E-state index in [0.29, 0.717) is 0 Å². The van der Waals surface area contributed by atoms with Crippen molar-refractivity contribution in [2.24, 2.45) is 5.73 Å². The van der Waals surface area contributed by atoms with Gasteiger partial charge in [-0.1, -0.05) is 0 Å². The van der Waals surface area contributed by atoms with Crippen molar-refractivity contribution in [2.75, 3.05) is 26.2 Å². The topological polar surface area (TPSA) is 58.4 Å². The smallest absolute Gasteiger partial charge is 0.245 e. The average molecular weight is 239 g/mol. The SMILES string of the molecule is Cc1ccc(C(N)C(=O)N2CCNCC2)s1. The summed E-state index contributed by atoms with van der Waals surface area (Å²) >= 11 is 1.60. The van der Waals surface area contributed by atoms with Crippen LogP contribution in [0.3, 0.4) is 0 Å². The maximum absolute atomic E-state index is 12.1. The van der Waals surface area contributed by atoms with Crippen LogP contribution >= 0.6 is 11.3 Å². The van der Waals surface area contributed by atoms with Gasteiger partial charge in [0.25, 0.3) is 0 Å². The second-order valence-corrected chi connectivity index (χ2v) is 5.32. The Hall–Kier alpha value is -0.910. The van der Waals surface area contributed by atoms with Crippen molar-refractivity contribution in [3.8, 4) is 0 Å². The molecule has 16 heavy (non-hydrogen) atoms. The highest BCUT2D eigenvalue weighted by molar-refractivity contribution is 7.12. The molecule has 1 aliphatic rings. The van der Waals surface area contributed by atoms with E-state index in [0.717, 1.165) is 31.1 Å². The van der Waals surface area contributed by atoms with Crippen LogP contribution in [-0.4, -0.2) is 37.0 Å². The first-order valence-corrected chi connectivity index (χ1v) is 6.31. The van der Waals surface area contributed by atoms with Gasteiger partial charge in [0, 0.05) is 35.9 Å². The molecule has 0 radical (unpaired) electrons. The van der Waals surface area contributed by atoms with E-state index in [9.17, 15) is 4.79 Å². The number of nitrogens with two attached hydrogens (primary N) is 1. The molecule has 0 saturated carbocycles. The van der Waals surface area contributed by atoms with Crippen LogP contribution in [0, 0.1) is 6.92 Å². The standard InChI is InChI=1S/C11H17N3OS/c1-8-2-3-9(16-8)10(12)11(15)14-6-4-13-5-7-14/h2-3,10,13H,4-7,12H2,1H3. The van der Waals surface area contributed by atoms with Gasteiger partial charge >= 0.3 is 0 Å². The molecule has 1 aromatic rings. The van der Waals surface area contributed by atoms with E-state index in [1.807, 2.05) is 24.0 Å². The summed E-state index contributed by atoms with van der Waals surface area (Å²) in [6.45, 7) is 5.27. The zero-order chi connectivity index (χ0) is 11.5. The fourth-order valence-corrected chi connectivity index (χ4v) is 2.70. The Morgan fingerprint density at radius 3 is 2.75 bits per heavy atom. The van der Waals surface area contributed by atoms with Gasteiger partial charge in [0.2, 0.25) is 5.91 Å². The Morgan fingerprint density at radius 1 is 1.50 bits per heavy atom. The number of carbonyl (C=O) groups excluding carboxylic acids is 1. The third-order valence-corrected chi connectivity index (χ3v) is 3.85. The molecule has 4 nitrogen and oxygen atoms in total. The van der Waals surface area contributed by atoms with Gasteiger partial charge < -0.3 is 16.0 Å². The Kier molecular flexibility index (Phi) is 3.58. The van der Waals surface area contributed by atoms with E-state index in [1.54, 1.807) is 11.3 Å². The molecule has 1 aliphatic heterocycles. The number of thiophene rings is 1. The first kappa shape index (κ1) is 11.6. The fourth-order valence-electron chi connectivity index (χ4n) is 1.82. The van der Waals surface area contributed by atoms with E-state index in [2.05, 4.69) is 5.32 Å². The van der Waals surface area contributed by atoms with Crippen molar-refractivity contribution in [2.45, 2.75) is 13.0 Å². The van der Waals surface area contributed by atoms with Crippen LogP contribution in [-0.2, 0) is 4.79 Å². The lowest BCUT2D eigenvalue weighted by Crippen LogP contribution is -2.49. The van der Waals surface area contributed by atoms with Crippen LogP contribution < -0.4 is 11.1 Å². The minimum absolute atomic E-state index is 0.0448. The molecule has 1 saturated heterocycles. The second-order valence-electron chi connectivity index (χ2n) is 4.00. The van der Waals surface area contributed by atoms with Crippen LogP contribution in [0.2, 0.25) is 0 Å². The molecule has 5 heteroatoms. The summed E-state index contributed by atoms with van der Waals surface area (Å²) < 4.78 is 0. The lowest BCUT2D eigenvalue weighted by Gasteiger charge is -2.29. The van der Waals surface area contributed by atoms with E-state index < -0.39 is 6.04 Å². The van der Waals surface area contributed by atoms with Gasteiger partial charge in [-0.2, -0.15) is 0 Å². The molecule has 3 N–H and O–H groups in total. The van der Waals surface area contributed by atoms with Crippen LogP contribution in [0.25, 0.3) is 0 Å². The summed E-state index contributed by atoms with van der Waals surface area (Å²) in [5.74, 6) is 0.0448. The van der Waals surface area contributed by atoms with Crippen LogP contribution in [0.4, 0.5) is 0 Å². The first-order valence-electron chi connectivity index (χ1n) is 5.50. The zero-order valence-corrected chi connectivity index (χ0v) is 10.2. The predicted molar refractivity (Wildman–Crippen MR) is 65.4 cm³/mol. The van der Waals surface area contributed by atoms with E-state index in [-0.39, 0.29) is 5.91 Å². The minimum atomic E-state index is -0.489. The van der Waals surface area contributed by atoms with Gasteiger partial charge in [0.15, 0.2) is 0 Å². The van der Waals surface area contributed by atoms with Crippen molar-refractivity contribution in [3.05, 3.63) is 21.9 Å². The highest BCUT2D eigenvalue weighted by Gasteiger charge is 2.24. The molecular weight excluding hydrogens is 222 g/mol. The first-order chi connectivity index (χ1) is 7.68. The number of hydrogen-bond acceptors (Lipinski definition) is 4. The van der Waals surface area contributed by atoms with Crippen molar-refractivity contribution >= 4 is 17.2 Å². The number of hydrogen-bond donors (Lipinski definition) is 2. The number of aryl methyl sites for hydroxylation is 1. The Labute approximate surface area is 99.4 Å². The molecule has 0 aliphatic carbocycles. The molecule has 1 atom stereocenters. The predicted octanol–water partition coefficient (Wildman–Crippen LogP) is 0.488. The summed E-state index contributed by atoms with van der Waals surface area (Å²) in [5, 5.41) is 3.22. The van der Waals surface area contributed by atoms with Gasteiger partial charge in [0.1, 0.15) is 6.04 Å². The number of nitrogens with zero attached hydrogens (tertiary/aromatic N) is 1. The summed E-state index contributed by atoms with van der Waals surface area (Å²) in [5.41, 5.74) is 5.98. The van der Waals surface area contributed by atoms with Crippen molar-refractivity contribution in [1.29, 1.82) is 0 Å². The minimum Gasteiger partial charge on any atom is -0.338 e. The highest BCUT2D eigenvalue weighted by Crippen LogP contribution is 2.22. The number of carbonyl (C=O) groups is 1.